The quantitative estimate of drug-likeness (QED) is 0.884. The number of methoxy groups -OCH3 is 1. The van der Waals surface area contributed by atoms with Crippen molar-refractivity contribution in [1.29, 1.82) is 0 Å². The molecule has 0 aliphatic carbocycles. The maximum atomic E-state index is 11.4. The lowest BCUT2D eigenvalue weighted by atomic mass is 10.3. The summed E-state index contributed by atoms with van der Waals surface area (Å²) >= 11 is 5.72. The van der Waals surface area contributed by atoms with Gasteiger partial charge in [-0.05, 0) is 25.1 Å². The molecule has 0 amide bonds. The smallest absolute Gasteiger partial charge is 0.241 e. The number of rotatable bonds is 5. The Bertz CT molecular complexity index is 489. The average molecular weight is 280 g/mol. The molecule has 7 heteroatoms. The van der Waals surface area contributed by atoms with Crippen molar-refractivity contribution < 1.29 is 17.9 Å². The van der Waals surface area contributed by atoms with Crippen molar-refractivity contribution >= 4 is 21.6 Å². The Kier molecular flexibility index (Phi) is 4.76. The van der Waals surface area contributed by atoms with Gasteiger partial charge >= 0.3 is 0 Å². The van der Waals surface area contributed by atoms with Crippen LogP contribution in [0.3, 0.4) is 0 Å². The van der Waals surface area contributed by atoms with E-state index in [1.165, 1.54) is 25.3 Å². The number of ether oxygens (including phenoxy) is 2. The minimum Gasteiger partial charge on any atom is -0.487 e. The number of benzene rings is 1. The predicted octanol–water partition coefficient (Wildman–Crippen LogP) is 1.40. The molecule has 17 heavy (non-hydrogen) atoms. The highest BCUT2D eigenvalue weighted by Gasteiger charge is 2.17. The molecule has 0 saturated heterocycles. The molecule has 0 aliphatic rings. The largest absolute Gasteiger partial charge is 0.487 e. The summed E-state index contributed by atoms with van der Waals surface area (Å²) in [5, 5.41) is 5.36. The van der Waals surface area contributed by atoms with E-state index in [1.807, 2.05) is 0 Å². The highest BCUT2D eigenvalue weighted by Crippen LogP contribution is 2.27. The maximum Gasteiger partial charge on any atom is 0.241 e. The van der Waals surface area contributed by atoms with E-state index in [2.05, 4.69) is 0 Å². The summed E-state index contributed by atoms with van der Waals surface area (Å²) in [5.41, 5.74) is 0. The second-order valence-electron chi connectivity index (χ2n) is 3.52. The van der Waals surface area contributed by atoms with Crippen LogP contribution in [0.4, 0.5) is 0 Å². The van der Waals surface area contributed by atoms with Gasteiger partial charge in [0.2, 0.25) is 10.0 Å². The molecule has 2 N–H and O–H groups in total. The fourth-order valence-corrected chi connectivity index (χ4v) is 2.21. The first kappa shape index (κ1) is 14.2. The Morgan fingerprint density at radius 2 is 2.12 bits per heavy atom. The standard InChI is InChI=1S/C10H14ClNO4S/c1-7(6-15-2)16-9-4-3-8(11)5-10(9)17(12,13)14/h3-5,7H,6H2,1-2H3,(H2,12,13,14)/t7-/m1/s1. The van der Waals surface area contributed by atoms with Crippen LogP contribution in [0.25, 0.3) is 0 Å². The van der Waals surface area contributed by atoms with E-state index in [1.54, 1.807) is 6.92 Å². The maximum absolute atomic E-state index is 11.4. The fraction of sp³-hybridized carbons (Fsp3) is 0.400. The molecule has 0 spiro atoms. The van der Waals surface area contributed by atoms with Crippen molar-refractivity contribution in [2.45, 2.75) is 17.9 Å². The molecule has 5 nitrogen and oxygen atoms in total. The molecular formula is C10H14ClNO4S. The summed E-state index contributed by atoms with van der Waals surface area (Å²) in [4.78, 5) is -0.132. The van der Waals surface area contributed by atoms with E-state index in [4.69, 9.17) is 26.2 Å². The van der Waals surface area contributed by atoms with Crippen molar-refractivity contribution in [2.75, 3.05) is 13.7 Å². The summed E-state index contributed by atoms with van der Waals surface area (Å²) in [5.74, 6) is 0.168. The van der Waals surface area contributed by atoms with Gasteiger partial charge in [-0.3, -0.25) is 0 Å². The predicted molar refractivity (Wildman–Crippen MR) is 64.8 cm³/mol. The third-order valence-electron chi connectivity index (χ3n) is 1.94. The molecule has 96 valence electrons. The molecule has 1 aromatic carbocycles. The molecule has 0 fully saturated rings. The van der Waals surface area contributed by atoms with E-state index >= 15 is 0 Å². The minimum atomic E-state index is -3.87. The number of hydrogen-bond donors (Lipinski definition) is 1. The molecule has 1 aromatic rings. The van der Waals surface area contributed by atoms with Crippen LogP contribution in [-0.4, -0.2) is 28.2 Å². The molecule has 0 saturated carbocycles. The van der Waals surface area contributed by atoms with E-state index in [0.717, 1.165) is 0 Å². The van der Waals surface area contributed by atoms with Crippen LogP contribution < -0.4 is 9.88 Å². The Balaban J connectivity index is 3.07. The molecule has 0 aromatic heterocycles. The topological polar surface area (TPSA) is 78.6 Å². The van der Waals surface area contributed by atoms with E-state index in [0.29, 0.717) is 6.61 Å². The van der Waals surface area contributed by atoms with Gasteiger partial charge in [-0.25, -0.2) is 13.6 Å². The van der Waals surface area contributed by atoms with Gasteiger partial charge in [0.05, 0.1) is 6.61 Å². The highest BCUT2D eigenvalue weighted by atomic mass is 35.5. The van der Waals surface area contributed by atoms with E-state index in [9.17, 15) is 8.42 Å². The normalized spacial score (nSPS) is 13.4. The summed E-state index contributed by atoms with van der Waals surface area (Å²) in [7, 11) is -2.34. The Morgan fingerprint density at radius 3 is 2.65 bits per heavy atom. The van der Waals surface area contributed by atoms with Gasteiger partial charge < -0.3 is 9.47 Å². The monoisotopic (exact) mass is 279 g/mol. The average Bonchev–Trinajstić information content (AvgIpc) is 2.19. The fourth-order valence-electron chi connectivity index (χ4n) is 1.29. The zero-order chi connectivity index (χ0) is 13.1. The number of nitrogens with two attached hydrogens (primary N) is 1. The van der Waals surface area contributed by atoms with E-state index < -0.39 is 10.0 Å². The van der Waals surface area contributed by atoms with Crippen LogP contribution in [0, 0.1) is 0 Å². The lowest BCUT2D eigenvalue weighted by molar-refractivity contribution is 0.0901. The molecule has 1 atom stereocenters. The van der Waals surface area contributed by atoms with Crippen molar-refractivity contribution in [3.63, 3.8) is 0 Å². The van der Waals surface area contributed by atoms with Gasteiger partial charge in [-0.1, -0.05) is 11.6 Å². The molecule has 0 heterocycles. The molecular weight excluding hydrogens is 266 g/mol. The lowest BCUT2D eigenvalue weighted by Crippen LogP contribution is -2.21. The van der Waals surface area contributed by atoms with Gasteiger partial charge in [0.1, 0.15) is 16.7 Å². The number of halogens is 1. The summed E-state index contributed by atoms with van der Waals surface area (Å²) in [6.45, 7) is 2.09. The van der Waals surface area contributed by atoms with Gasteiger partial charge in [-0.15, -0.1) is 0 Å². The minimum absolute atomic E-state index is 0.132. The molecule has 0 unspecified atom stereocenters. The van der Waals surface area contributed by atoms with Crippen molar-refractivity contribution in [3.05, 3.63) is 23.2 Å². The molecule has 0 aliphatic heterocycles. The van der Waals surface area contributed by atoms with Crippen LogP contribution in [0.2, 0.25) is 5.02 Å². The van der Waals surface area contributed by atoms with E-state index in [-0.39, 0.29) is 21.8 Å². The Morgan fingerprint density at radius 1 is 1.47 bits per heavy atom. The van der Waals surface area contributed by atoms with Crippen molar-refractivity contribution in [1.82, 2.24) is 0 Å². The van der Waals surface area contributed by atoms with Crippen LogP contribution in [-0.2, 0) is 14.8 Å². The Hall–Kier alpha value is -0.820. The SMILES string of the molecule is COC[C@@H](C)Oc1ccc(Cl)cc1S(N)(=O)=O. The highest BCUT2D eigenvalue weighted by molar-refractivity contribution is 7.89. The van der Waals surface area contributed by atoms with Gasteiger partial charge in [0, 0.05) is 12.1 Å². The summed E-state index contributed by atoms with van der Waals surface area (Å²) in [6, 6.07) is 4.26. The molecule has 0 radical (unpaired) electrons. The number of sulfonamides is 1. The number of hydrogen-bond acceptors (Lipinski definition) is 4. The van der Waals surface area contributed by atoms with Gasteiger partial charge in [-0.2, -0.15) is 0 Å². The number of primary sulfonamides is 1. The van der Waals surface area contributed by atoms with Gasteiger partial charge in [0.15, 0.2) is 0 Å². The summed E-state index contributed by atoms with van der Waals surface area (Å²) in [6.07, 6.45) is -0.290. The van der Waals surface area contributed by atoms with Gasteiger partial charge in [0.25, 0.3) is 0 Å². The van der Waals surface area contributed by atoms with Crippen molar-refractivity contribution in [2.24, 2.45) is 5.14 Å². The third-order valence-corrected chi connectivity index (χ3v) is 3.11. The first-order valence-corrected chi connectivity index (χ1v) is 6.75. The van der Waals surface area contributed by atoms with Crippen LogP contribution in [0.15, 0.2) is 23.1 Å². The van der Waals surface area contributed by atoms with Crippen LogP contribution in [0.5, 0.6) is 5.75 Å². The first-order valence-electron chi connectivity index (χ1n) is 4.82. The molecule has 1 rings (SSSR count). The summed E-state index contributed by atoms with van der Waals surface area (Å²) < 4.78 is 33.0. The zero-order valence-electron chi connectivity index (χ0n) is 9.51. The molecule has 0 bridgehead atoms. The second kappa shape index (κ2) is 5.68. The van der Waals surface area contributed by atoms with Crippen LogP contribution in [0.1, 0.15) is 6.92 Å². The lowest BCUT2D eigenvalue weighted by Gasteiger charge is -2.16. The van der Waals surface area contributed by atoms with Crippen LogP contribution >= 0.6 is 11.6 Å². The second-order valence-corrected chi connectivity index (χ2v) is 5.49. The van der Waals surface area contributed by atoms with Crippen molar-refractivity contribution in [3.8, 4) is 5.75 Å². The third kappa shape index (κ3) is 4.16. The zero-order valence-corrected chi connectivity index (χ0v) is 11.1. The first-order chi connectivity index (χ1) is 7.84. The Labute approximate surface area is 106 Å².